The van der Waals surface area contributed by atoms with Gasteiger partial charge in [0.1, 0.15) is 0 Å². The van der Waals surface area contributed by atoms with E-state index in [0.29, 0.717) is 4.90 Å². The van der Waals surface area contributed by atoms with Gasteiger partial charge in [-0.3, -0.25) is 0 Å². The molecule has 0 unspecified atom stereocenters. The molecular formula is C18H16INO2S. The number of aryl methyl sites for hydroxylation is 1. The van der Waals surface area contributed by atoms with Crippen LogP contribution in [-0.2, 0) is 9.84 Å². The summed E-state index contributed by atoms with van der Waals surface area (Å²) in [6.45, 7) is 2.06. The topological polar surface area (TPSA) is 39.1 Å². The highest BCUT2D eigenvalue weighted by atomic mass is 127. The van der Waals surface area contributed by atoms with Crippen LogP contribution in [0.15, 0.2) is 65.6 Å². The Hall–Kier alpha value is -1.60. The fraction of sp³-hybridized carbons (Fsp3) is 0.111. The second kappa shape index (κ2) is 6.13. The highest BCUT2D eigenvalue weighted by Crippen LogP contribution is 2.27. The van der Waals surface area contributed by atoms with Crippen molar-refractivity contribution in [2.45, 2.75) is 11.8 Å². The number of hydrogen-bond donors (Lipinski definition) is 0. The first-order valence-corrected chi connectivity index (χ1v) is 10.1. The molecule has 0 spiro atoms. The predicted molar refractivity (Wildman–Crippen MR) is 102 cm³/mol. The predicted octanol–water partition coefficient (Wildman–Crippen LogP) is 4.46. The number of nitrogens with zero attached hydrogens (tertiary/aromatic N) is 1. The molecule has 0 atom stereocenters. The zero-order chi connectivity index (χ0) is 16.6. The summed E-state index contributed by atoms with van der Waals surface area (Å²) in [5.41, 5.74) is 4.26. The minimum atomic E-state index is -3.17. The molecule has 0 fully saturated rings. The lowest BCUT2D eigenvalue weighted by Gasteiger charge is -2.12. The molecule has 3 rings (SSSR count). The fourth-order valence-electron chi connectivity index (χ4n) is 2.57. The number of aromatic nitrogens is 1. The van der Waals surface area contributed by atoms with E-state index in [1.807, 2.05) is 12.1 Å². The Labute approximate surface area is 150 Å². The van der Waals surface area contributed by atoms with Gasteiger partial charge in [-0.2, -0.15) is 0 Å². The molecule has 0 radical (unpaired) electrons. The molecule has 0 aliphatic heterocycles. The monoisotopic (exact) mass is 437 g/mol. The van der Waals surface area contributed by atoms with Gasteiger partial charge in [-0.05, 0) is 83.6 Å². The molecule has 0 saturated heterocycles. The van der Waals surface area contributed by atoms with Gasteiger partial charge in [-0.25, -0.2) is 8.42 Å². The first kappa shape index (κ1) is 16.3. The van der Waals surface area contributed by atoms with Gasteiger partial charge in [-0.15, -0.1) is 0 Å². The van der Waals surface area contributed by atoms with E-state index in [9.17, 15) is 8.42 Å². The number of halogens is 1. The molecule has 23 heavy (non-hydrogen) atoms. The van der Waals surface area contributed by atoms with Crippen molar-refractivity contribution in [1.29, 1.82) is 0 Å². The van der Waals surface area contributed by atoms with Gasteiger partial charge >= 0.3 is 0 Å². The van der Waals surface area contributed by atoms with Crippen LogP contribution in [0.5, 0.6) is 0 Å². The van der Waals surface area contributed by atoms with Crippen molar-refractivity contribution in [3.05, 3.63) is 69.9 Å². The summed E-state index contributed by atoms with van der Waals surface area (Å²) in [4.78, 5) is 0.338. The molecule has 118 valence electrons. The maximum absolute atomic E-state index is 11.6. The van der Waals surface area contributed by atoms with Crippen molar-refractivity contribution in [3.8, 4) is 16.9 Å². The summed E-state index contributed by atoms with van der Waals surface area (Å²) in [6, 6.07) is 19.5. The largest absolute Gasteiger partial charge is 0.314 e. The molecule has 0 aliphatic carbocycles. The Bertz CT molecular complexity index is 940. The Balaban J connectivity index is 2.10. The van der Waals surface area contributed by atoms with Crippen LogP contribution >= 0.6 is 22.6 Å². The highest BCUT2D eigenvalue weighted by molar-refractivity contribution is 14.1. The smallest absolute Gasteiger partial charge is 0.175 e. The molecule has 3 nitrogen and oxygen atoms in total. The van der Waals surface area contributed by atoms with Gasteiger partial charge in [0, 0.05) is 21.2 Å². The van der Waals surface area contributed by atoms with Crippen LogP contribution in [0.1, 0.15) is 5.69 Å². The lowest BCUT2D eigenvalue weighted by Crippen LogP contribution is -2.00. The van der Waals surface area contributed by atoms with E-state index >= 15 is 0 Å². The van der Waals surface area contributed by atoms with E-state index in [-0.39, 0.29) is 0 Å². The van der Waals surface area contributed by atoms with Crippen molar-refractivity contribution in [3.63, 3.8) is 0 Å². The van der Waals surface area contributed by atoms with Gasteiger partial charge in [0.15, 0.2) is 9.84 Å². The van der Waals surface area contributed by atoms with Crippen LogP contribution in [0.25, 0.3) is 16.9 Å². The third-order valence-corrected chi connectivity index (χ3v) is 5.59. The van der Waals surface area contributed by atoms with Gasteiger partial charge < -0.3 is 4.57 Å². The summed E-state index contributed by atoms with van der Waals surface area (Å²) in [7, 11) is -3.17. The van der Waals surface area contributed by atoms with E-state index in [4.69, 9.17) is 0 Å². The van der Waals surface area contributed by atoms with E-state index in [1.54, 1.807) is 12.1 Å². The Morgan fingerprint density at radius 1 is 0.870 bits per heavy atom. The first-order chi connectivity index (χ1) is 10.9. The molecular weight excluding hydrogens is 421 g/mol. The van der Waals surface area contributed by atoms with Gasteiger partial charge in [-0.1, -0.05) is 12.1 Å². The van der Waals surface area contributed by atoms with Crippen molar-refractivity contribution < 1.29 is 8.42 Å². The SMILES string of the molecule is Cc1ccc(-c2ccc(S(C)(=O)=O)cc2)n1-c1ccc(I)cc1. The Morgan fingerprint density at radius 2 is 1.48 bits per heavy atom. The van der Waals surface area contributed by atoms with E-state index < -0.39 is 9.84 Å². The average molecular weight is 437 g/mol. The normalized spacial score (nSPS) is 11.6. The van der Waals surface area contributed by atoms with Crippen LogP contribution < -0.4 is 0 Å². The number of benzene rings is 2. The number of hydrogen-bond acceptors (Lipinski definition) is 2. The maximum Gasteiger partial charge on any atom is 0.175 e. The van der Waals surface area contributed by atoms with Crippen molar-refractivity contribution in [1.82, 2.24) is 4.57 Å². The zero-order valence-corrected chi connectivity index (χ0v) is 15.8. The van der Waals surface area contributed by atoms with E-state index in [1.165, 1.54) is 9.83 Å². The molecule has 2 aromatic carbocycles. The summed E-state index contributed by atoms with van der Waals surface area (Å²) in [6.07, 6.45) is 1.22. The lowest BCUT2D eigenvalue weighted by molar-refractivity contribution is 0.602. The molecule has 0 N–H and O–H groups in total. The maximum atomic E-state index is 11.6. The minimum absolute atomic E-state index is 0.338. The van der Waals surface area contributed by atoms with E-state index in [0.717, 1.165) is 22.6 Å². The standard InChI is InChI=1S/C18H16INO2S/c1-13-3-12-18(20(13)16-8-6-15(19)7-9-16)14-4-10-17(11-5-14)23(2,21)22/h3-12H,1-2H3. The van der Waals surface area contributed by atoms with Gasteiger partial charge in [0.2, 0.25) is 0 Å². The molecule has 0 saturated carbocycles. The fourth-order valence-corrected chi connectivity index (χ4v) is 3.56. The van der Waals surface area contributed by atoms with Crippen LogP contribution in [0.2, 0.25) is 0 Å². The quantitative estimate of drug-likeness (QED) is 0.568. The molecule has 0 aliphatic rings. The second-order valence-electron chi connectivity index (χ2n) is 5.47. The molecule has 0 amide bonds. The highest BCUT2D eigenvalue weighted by Gasteiger charge is 2.11. The average Bonchev–Trinajstić information content (AvgIpc) is 2.89. The van der Waals surface area contributed by atoms with Crippen molar-refractivity contribution in [2.24, 2.45) is 0 Å². The van der Waals surface area contributed by atoms with Gasteiger partial charge in [0.25, 0.3) is 0 Å². The van der Waals surface area contributed by atoms with E-state index in [2.05, 4.69) is 70.5 Å². The third-order valence-electron chi connectivity index (χ3n) is 3.74. The minimum Gasteiger partial charge on any atom is -0.314 e. The van der Waals surface area contributed by atoms with Gasteiger partial charge in [0.05, 0.1) is 10.6 Å². The number of sulfone groups is 1. The molecule has 0 bridgehead atoms. The van der Waals surface area contributed by atoms with Crippen LogP contribution in [0.4, 0.5) is 0 Å². The second-order valence-corrected chi connectivity index (χ2v) is 8.73. The molecule has 3 aromatic rings. The summed E-state index contributed by atoms with van der Waals surface area (Å²) in [5.74, 6) is 0. The van der Waals surface area contributed by atoms with Crippen molar-refractivity contribution in [2.75, 3.05) is 6.26 Å². The summed E-state index contributed by atoms with van der Waals surface area (Å²) < 4.78 is 26.6. The summed E-state index contributed by atoms with van der Waals surface area (Å²) >= 11 is 2.29. The third kappa shape index (κ3) is 3.35. The molecule has 1 heterocycles. The zero-order valence-electron chi connectivity index (χ0n) is 12.8. The van der Waals surface area contributed by atoms with Crippen LogP contribution in [-0.4, -0.2) is 19.2 Å². The molecule has 5 heteroatoms. The Morgan fingerprint density at radius 3 is 2.04 bits per heavy atom. The van der Waals surface area contributed by atoms with Crippen LogP contribution in [0.3, 0.4) is 0 Å². The summed E-state index contributed by atoms with van der Waals surface area (Å²) in [5, 5.41) is 0. The first-order valence-electron chi connectivity index (χ1n) is 7.11. The number of rotatable bonds is 3. The molecule has 1 aromatic heterocycles. The lowest BCUT2D eigenvalue weighted by atomic mass is 10.1. The van der Waals surface area contributed by atoms with Crippen LogP contribution in [0, 0.1) is 10.5 Å². The Kier molecular flexibility index (Phi) is 4.33. The van der Waals surface area contributed by atoms with Crippen molar-refractivity contribution >= 4 is 32.4 Å².